The summed E-state index contributed by atoms with van der Waals surface area (Å²) in [6.45, 7) is 1.94. The highest BCUT2D eigenvalue weighted by Crippen LogP contribution is 2.26. The SMILES string of the molecule is CCCc1ccc(OCC(=O)N/N=C/c2ccccc2F)c(Br)c1. The zero-order valence-corrected chi connectivity index (χ0v) is 14.8. The van der Waals surface area contributed by atoms with Gasteiger partial charge in [0.05, 0.1) is 10.7 Å². The van der Waals surface area contributed by atoms with E-state index in [4.69, 9.17) is 4.74 Å². The second-order valence-corrected chi connectivity index (χ2v) is 5.97. The molecule has 24 heavy (non-hydrogen) atoms. The summed E-state index contributed by atoms with van der Waals surface area (Å²) in [5.41, 5.74) is 3.81. The number of halogens is 2. The molecule has 2 aromatic rings. The molecule has 0 aliphatic carbocycles. The van der Waals surface area contributed by atoms with Crippen molar-refractivity contribution in [2.75, 3.05) is 6.61 Å². The van der Waals surface area contributed by atoms with Crippen LogP contribution in [0.4, 0.5) is 4.39 Å². The Hall–Kier alpha value is -2.21. The minimum absolute atomic E-state index is 0.180. The van der Waals surface area contributed by atoms with E-state index in [1.165, 1.54) is 17.8 Å². The molecule has 0 aliphatic heterocycles. The van der Waals surface area contributed by atoms with Gasteiger partial charge in [0, 0.05) is 5.56 Å². The first-order valence-electron chi connectivity index (χ1n) is 7.57. The second kappa shape index (κ2) is 9.17. The quantitative estimate of drug-likeness (QED) is 0.570. The number of carbonyl (C=O) groups is 1. The number of hydrazone groups is 1. The molecular formula is C18H18BrFN2O2. The molecule has 2 rings (SSSR count). The fraction of sp³-hybridized carbons (Fsp3) is 0.222. The van der Waals surface area contributed by atoms with Gasteiger partial charge < -0.3 is 4.74 Å². The smallest absolute Gasteiger partial charge is 0.277 e. The van der Waals surface area contributed by atoms with Crippen LogP contribution in [0.25, 0.3) is 0 Å². The molecule has 1 N–H and O–H groups in total. The predicted molar refractivity (Wildman–Crippen MR) is 95.8 cm³/mol. The van der Waals surface area contributed by atoms with Crippen LogP contribution in [0.15, 0.2) is 52.0 Å². The molecule has 6 heteroatoms. The average Bonchev–Trinajstić information content (AvgIpc) is 2.56. The van der Waals surface area contributed by atoms with Crippen molar-refractivity contribution < 1.29 is 13.9 Å². The molecule has 0 saturated heterocycles. The lowest BCUT2D eigenvalue weighted by molar-refractivity contribution is -0.123. The minimum Gasteiger partial charge on any atom is -0.483 e. The van der Waals surface area contributed by atoms with Crippen LogP contribution >= 0.6 is 15.9 Å². The van der Waals surface area contributed by atoms with Gasteiger partial charge in [0.15, 0.2) is 6.61 Å². The monoisotopic (exact) mass is 392 g/mol. The first-order chi connectivity index (χ1) is 11.6. The van der Waals surface area contributed by atoms with E-state index in [2.05, 4.69) is 33.4 Å². The van der Waals surface area contributed by atoms with Crippen LogP contribution in [-0.2, 0) is 11.2 Å². The normalized spacial score (nSPS) is 10.8. The van der Waals surface area contributed by atoms with Gasteiger partial charge in [-0.2, -0.15) is 5.10 Å². The van der Waals surface area contributed by atoms with E-state index in [1.54, 1.807) is 18.2 Å². The van der Waals surface area contributed by atoms with E-state index >= 15 is 0 Å². The number of nitrogens with one attached hydrogen (secondary N) is 1. The van der Waals surface area contributed by atoms with Gasteiger partial charge in [0.2, 0.25) is 0 Å². The molecule has 0 fully saturated rings. The van der Waals surface area contributed by atoms with Crippen LogP contribution < -0.4 is 10.2 Å². The van der Waals surface area contributed by atoms with Crippen molar-refractivity contribution >= 4 is 28.1 Å². The summed E-state index contributed by atoms with van der Waals surface area (Å²) in [5.74, 6) is -0.238. The van der Waals surface area contributed by atoms with Gasteiger partial charge in [-0.1, -0.05) is 37.6 Å². The number of benzene rings is 2. The number of nitrogens with zero attached hydrogens (tertiary/aromatic N) is 1. The first kappa shape index (κ1) is 18.1. The summed E-state index contributed by atoms with van der Waals surface area (Å²) < 4.78 is 19.6. The lowest BCUT2D eigenvalue weighted by atomic mass is 10.1. The average molecular weight is 393 g/mol. The fourth-order valence-corrected chi connectivity index (χ4v) is 2.58. The standard InChI is InChI=1S/C18H18BrFN2O2/c1-2-5-13-8-9-17(15(19)10-13)24-12-18(23)22-21-11-14-6-3-4-7-16(14)20/h3-4,6-11H,2,5,12H2,1H3,(H,22,23)/b21-11+. The number of aryl methyl sites for hydroxylation is 1. The van der Waals surface area contributed by atoms with E-state index in [-0.39, 0.29) is 6.61 Å². The van der Waals surface area contributed by atoms with Crippen LogP contribution in [0.1, 0.15) is 24.5 Å². The number of carbonyl (C=O) groups excluding carboxylic acids is 1. The third kappa shape index (κ3) is 5.45. The number of hydrogen-bond donors (Lipinski definition) is 1. The molecular weight excluding hydrogens is 375 g/mol. The maximum Gasteiger partial charge on any atom is 0.277 e. The lowest BCUT2D eigenvalue weighted by Crippen LogP contribution is -2.24. The molecule has 0 spiro atoms. The molecule has 0 aliphatic rings. The number of rotatable bonds is 7. The van der Waals surface area contributed by atoms with Crippen LogP contribution in [0.2, 0.25) is 0 Å². The van der Waals surface area contributed by atoms with Gasteiger partial charge in [-0.15, -0.1) is 0 Å². The van der Waals surface area contributed by atoms with Crippen LogP contribution in [0.5, 0.6) is 5.75 Å². The Morgan fingerprint density at radius 1 is 1.33 bits per heavy atom. The van der Waals surface area contributed by atoms with E-state index in [0.29, 0.717) is 11.3 Å². The van der Waals surface area contributed by atoms with E-state index in [0.717, 1.165) is 17.3 Å². The van der Waals surface area contributed by atoms with E-state index in [1.807, 2.05) is 18.2 Å². The summed E-state index contributed by atoms with van der Waals surface area (Å²) in [6.07, 6.45) is 3.31. The molecule has 0 aromatic heterocycles. The summed E-state index contributed by atoms with van der Waals surface area (Å²) in [5, 5.41) is 3.72. The van der Waals surface area contributed by atoms with Crippen molar-refractivity contribution in [2.24, 2.45) is 5.10 Å². The Morgan fingerprint density at radius 2 is 2.12 bits per heavy atom. The highest BCUT2D eigenvalue weighted by atomic mass is 79.9. The second-order valence-electron chi connectivity index (χ2n) is 5.12. The molecule has 0 heterocycles. The number of ether oxygens (including phenoxy) is 1. The Kier molecular flexibility index (Phi) is 6.93. The van der Waals surface area contributed by atoms with Crippen molar-refractivity contribution in [1.29, 1.82) is 0 Å². The van der Waals surface area contributed by atoms with Crippen molar-refractivity contribution in [3.63, 3.8) is 0 Å². The fourth-order valence-electron chi connectivity index (χ4n) is 2.03. The minimum atomic E-state index is -0.424. The molecule has 0 radical (unpaired) electrons. The maximum absolute atomic E-state index is 13.4. The molecule has 0 unspecified atom stereocenters. The molecule has 0 atom stereocenters. The predicted octanol–water partition coefficient (Wildman–Crippen LogP) is 4.07. The summed E-state index contributed by atoms with van der Waals surface area (Å²) in [4.78, 5) is 11.7. The van der Waals surface area contributed by atoms with Gasteiger partial charge in [-0.3, -0.25) is 4.79 Å². The van der Waals surface area contributed by atoms with Crippen molar-refractivity contribution in [3.8, 4) is 5.75 Å². The highest BCUT2D eigenvalue weighted by molar-refractivity contribution is 9.10. The molecule has 126 valence electrons. The molecule has 4 nitrogen and oxygen atoms in total. The number of amides is 1. The van der Waals surface area contributed by atoms with E-state index < -0.39 is 11.7 Å². The lowest BCUT2D eigenvalue weighted by Gasteiger charge is -2.08. The highest BCUT2D eigenvalue weighted by Gasteiger charge is 2.06. The first-order valence-corrected chi connectivity index (χ1v) is 8.37. The van der Waals surface area contributed by atoms with Gasteiger partial charge in [-0.25, -0.2) is 9.82 Å². The number of hydrogen-bond acceptors (Lipinski definition) is 3. The van der Waals surface area contributed by atoms with Crippen LogP contribution in [0, 0.1) is 5.82 Å². The third-order valence-electron chi connectivity index (χ3n) is 3.19. The van der Waals surface area contributed by atoms with E-state index in [9.17, 15) is 9.18 Å². The Labute approximate surface area is 148 Å². The largest absolute Gasteiger partial charge is 0.483 e. The van der Waals surface area contributed by atoms with Gasteiger partial charge >= 0.3 is 0 Å². The Bertz CT molecular complexity index is 735. The third-order valence-corrected chi connectivity index (χ3v) is 3.81. The molecule has 0 bridgehead atoms. The van der Waals surface area contributed by atoms with Crippen molar-refractivity contribution in [1.82, 2.24) is 5.43 Å². The van der Waals surface area contributed by atoms with Gasteiger partial charge in [0.1, 0.15) is 11.6 Å². The summed E-state index contributed by atoms with van der Waals surface area (Å²) >= 11 is 3.43. The molecule has 0 saturated carbocycles. The summed E-state index contributed by atoms with van der Waals surface area (Å²) in [6, 6.07) is 11.9. The van der Waals surface area contributed by atoms with Crippen molar-refractivity contribution in [2.45, 2.75) is 19.8 Å². The maximum atomic E-state index is 13.4. The zero-order valence-electron chi connectivity index (χ0n) is 13.3. The Balaban J connectivity index is 1.84. The topological polar surface area (TPSA) is 50.7 Å². The zero-order chi connectivity index (χ0) is 17.4. The molecule has 1 amide bonds. The van der Waals surface area contributed by atoms with Crippen LogP contribution in [-0.4, -0.2) is 18.7 Å². The van der Waals surface area contributed by atoms with Crippen molar-refractivity contribution in [3.05, 3.63) is 63.9 Å². The summed E-state index contributed by atoms with van der Waals surface area (Å²) in [7, 11) is 0. The molecule has 2 aromatic carbocycles. The van der Waals surface area contributed by atoms with Gasteiger partial charge in [-0.05, 0) is 46.1 Å². The van der Waals surface area contributed by atoms with Gasteiger partial charge in [0.25, 0.3) is 5.91 Å². The Morgan fingerprint density at radius 3 is 2.83 bits per heavy atom. The van der Waals surface area contributed by atoms with Crippen LogP contribution in [0.3, 0.4) is 0 Å².